The molecule has 1 N–H and O–H groups in total. The zero-order valence-corrected chi connectivity index (χ0v) is 11.1. The van der Waals surface area contributed by atoms with Gasteiger partial charge in [-0.2, -0.15) is 0 Å². The van der Waals surface area contributed by atoms with Gasteiger partial charge in [0.05, 0.1) is 6.54 Å². The van der Waals surface area contributed by atoms with Crippen LogP contribution in [0.4, 0.5) is 0 Å². The minimum Gasteiger partial charge on any atom is -0.464 e. The van der Waals surface area contributed by atoms with Crippen LogP contribution >= 0.6 is 0 Å². The zero-order chi connectivity index (χ0) is 12.8. The van der Waals surface area contributed by atoms with Crippen molar-refractivity contribution in [1.82, 2.24) is 10.2 Å². The van der Waals surface area contributed by atoms with Gasteiger partial charge >= 0.3 is 0 Å². The van der Waals surface area contributed by atoms with E-state index in [0.29, 0.717) is 6.54 Å². The van der Waals surface area contributed by atoms with Crippen molar-refractivity contribution in [2.24, 2.45) is 5.92 Å². The Bertz CT molecular complexity index is 360. The Morgan fingerprint density at radius 3 is 2.76 bits per heavy atom. The van der Waals surface area contributed by atoms with E-state index >= 15 is 0 Å². The van der Waals surface area contributed by atoms with E-state index in [4.69, 9.17) is 4.42 Å². The molecule has 1 heterocycles. The number of hydrogen-bond donors (Lipinski definition) is 1. The van der Waals surface area contributed by atoms with Crippen LogP contribution in [0.15, 0.2) is 16.5 Å². The summed E-state index contributed by atoms with van der Waals surface area (Å²) in [6, 6.07) is 3.82. The van der Waals surface area contributed by atoms with E-state index in [2.05, 4.69) is 5.32 Å². The van der Waals surface area contributed by atoms with Gasteiger partial charge in [0.1, 0.15) is 11.5 Å². The van der Waals surface area contributed by atoms with Gasteiger partial charge in [0.25, 0.3) is 0 Å². The van der Waals surface area contributed by atoms with Crippen molar-refractivity contribution in [1.29, 1.82) is 0 Å². The molecule has 0 saturated carbocycles. The molecule has 0 fully saturated rings. The fourth-order valence-corrected chi connectivity index (χ4v) is 1.71. The predicted molar refractivity (Wildman–Crippen MR) is 67.6 cm³/mol. The van der Waals surface area contributed by atoms with Gasteiger partial charge in [0.2, 0.25) is 5.91 Å². The molecular formula is C13H22N2O2. The number of carbonyl (C=O) groups excluding carboxylic acids is 1. The van der Waals surface area contributed by atoms with Crippen molar-refractivity contribution in [3.8, 4) is 0 Å². The van der Waals surface area contributed by atoms with Crippen molar-refractivity contribution in [3.05, 3.63) is 23.7 Å². The van der Waals surface area contributed by atoms with Crippen LogP contribution in [0.5, 0.6) is 0 Å². The van der Waals surface area contributed by atoms with Gasteiger partial charge < -0.3 is 14.6 Å². The zero-order valence-electron chi connectivity index (χ0n) is 11.1. The third kappa shape index (κ3) is 4.23. The fourth-order valence-electron chi connectivity index (χ4n) is 1.71. The molecule has 96 valence electrons. The minimum absolute atomic E-state index is 0.00370. The highest BCUT2D eigenvalue weighted by Gasteiger charge is 2.17. The molecule has 4 heteroatoms. The van der Waals surface area contributed by atoms with E-state index in [1.165, 1.54) is 0 Å². The van der Waals surface area contributed by atoms with Crippen LogP contribution in [0.1, 0.15) is 25.4 Å². The molecule has 4 nitrogen and oxygen atoms in total. The predicted octanol–water partition coefficient (Wildman–Crippen LogP) is 1.79. The lowest BCUT2D eigenvalue weighted by Crippen LogP contribution is -2.36. The maximum absolute atomic E-state index is 12.0. The Hall–Kier alpha value is -1.29. The van der Waals surface area contributed by atoms with Crippen molar-refractivity contribution in [2.75, 3.05) is 20.1 Å². The molecule has 17 heavy (non-hydrogen) atoms. The highest BCUT2D eigenvalue weighted by atomic mass is 16.3. The fraction of sp³-hybridized carbons (Fsp3) is 0.615. The van der Waals surface area contributed by atoms with Crippen LogP contribution in [0.3, 0.4) is 0 Å². The molecule has 0 aliphatic rings. The third-order valence-electron chi connectivity index (χ3n) is 2.69. The molecule has 0 aliphatic heterocycles. The van der Waals surface area contributed by atoms with E-state index in [1.807, 2.05) is 40.0 Å². The first-order chi connectivity index (χ1) is 8.04. The molecule has 0 bridgehead atoms. The van der Waals surface area contributed by atoms with Crippen molar-refractivity contribution in [3.63, 3.8) is 0 Å². The molecule has 1 amide bonds. The number of amides is 1. The van der Waals surface area contributed by atoms with Gasteiger partial charge in [-0.1, -0.05) is 13.8 Å². The Kier molecular flexibility index (Phi) is 5.22. The molecule has 0 saturated heterocycles. The third-order valence-corrected chi connectivity index (χ3v) is 2.69. The largest absolute Gasteiger partial charge is 0.464 e. The quantitative estimate of drug-likeness (QED) is 0.822. The highest BCUT2D eigenvalue weighted by Crippen LogP contribution is 2.10. The molecular weight excluding hydrogens is 216 g/mol. The molecule has 1 aromatic rings. The summed E-state index contributed by atoms with van der Waals surface area (Å²) in [6.45, 7) is 8.01. The number of rotatable bonds is 6. The SMILES string of the molecule is CCNCC(C)C(=O)N(C)Cc1ccc(C)o1. The Morgan fingerprint density at radius 2 is 2.24 bits per heavy atom. The van der Waals surface area contributed by atoms with E-state index in [1.54, 1.807) is 4.90 Å². The first-order valence-electron chi connectivity index (χ1n) is 6.05. The number of furan rings is 1. The number of hydrogen-bond acceptors (Lipinski definition) is 3. The van der Waals surface area contributed by atoms with Gasteiger partial charge in [-0.05, 0) is 25.6 Å². The van der Waals surface area contributed by atoms with Crippen LogP contribution < -0.4 is 5.32 Å². The monoisotopic (exact) mass is 238 g/mol. The number of aryl methyl sites for hydroxylation is 1. The summed E-state index contributed by atoms with van der Waals surface area (Å²) in [5, 5.41) is 3.18. The second-order valence-corrected chi connectivity index (χ2v) is 4.42. The topological polar surface area (TPSA) is 45.5 Å². The summed E-state index contributed by atoms with van der Waals surface area (Å²) in [7, 11) is 1.81. The average molecular weight is 238 g/mol. The molecule has 1 aromatic heterocycles. The maximum atomic E-state index is 12.0. The Balaban J connectivity index is 2.46. The van der Waals surface area contributed by atoms with Crippen LogP contribution in [0.2, 0.25) is 0 Å². The normalized spacial score (nSPS) is 12.5. The van der Waals surface area contributed by atoms with E-state index < -0.39 is 0 Å². The van der Waals surface area contributed by atoms with Crippen LogP contribution in [-0.4, -0.2) is 30.9 Å². The van der Waals surface area contributed by atoms with Gasteiger partial charge in [-0.3, -0.25) is 4.79 Å². The highest BCUT2D eigenvalue weighted by molar-refractivity contribution is 5.78. The van der Waals surface area contributed by atoms with Crippen molar-refractivity contribution >= 4 is 5.91 Å². The molecule has 0 radical (unpaired) electrons. The van der Waals surface area contributed by atoms with Crippen LogP contribution in [0, 0.1) is 12.8 Å². The molecule has 0 spiro atoms. The first-order valence-corrected chi connectivity index (χ1v) is 6.05. The molecule has 1 unspecified atom stereocenters. The Labute approximate surface area is 103 Å². The second kappa shape index (κ2) is 6.45. The van der Waals surface area contributed by atoms with E-state index in [0.717, 1.165) is 24.6 Å². The molecule has 0 aliphatic carbocycles. The summed E-state index contributed by atoms with van der Waals surface area (Å²) < 4.78 is 5.46. The smallest absolute Gasteiger partial charge is 0.226 e. The van der Waals surface area contributed by atoms with Gasteiger partial charge in [0, 0.05) is 19.5 Å². The summed E-state index contributed by atoms with van der Waals surface area (Å²) in [6.07, 6.45) is 0. The summed E-state index contributed by atoms with van der Waals surface area (Å²) >= 11 is 0. The van der Waals surface area contributed by atoms with E-state index in [9.17, 15) is 4.79 Å². The number of carbonyl (C=O) groups is 1. The van der Waals surface area contributed by atoms with Crippen LogP contribution in [0.25, 0.3) is 0 Å². The molecule has 0 aromatic carbocycles. The molecule has 1 rings (SSSR count). The second-order valence-electron chi connectivity index (χ2n) is 4.42. The molecule has 1 atom stereocenters. The summed E-state index contributed by atoms with van der Waals surface area (Å²) in [4.78, 5) is 13.7. The standard InChI is InChI=1S/C13H22N2O2/c1-5-14-8-10(2)13(16)15(4)9-12-7-6-11(3)17-12/h6-7,10,14H,5,8-9H2,1-4H3. The lowest BCUT2D eigenvalue weighted by Gasteiger charge is -2.20. The van der Waals surface area contributed by atoms with E-state index in [-0.39, 0.29) is 11.8 Å². The Morgan fingerprint density at radius 1 is 1.53 bits per heavy atom. The van der Waals surface area contributed by atoms with Crippen LogP contribution in [-0.2, 0) is 11.3 Å². The van der Waals surface area contributed by atoms with Crippen molar-refractivity contribution < 1.29 is 9.21 Å². The summed E-state index contributed by atoms with van der Waals surface area (Å²) in [5.41, 5.74) is 0. The minimum atomic E-state index is -0.00370. The lowest BCUT2D eigenvalue weighted by molar-refractivity contribution is -0.134. The lowest BCUT2D eigenvalue weighted by atomic mass is 10.1. The number of nitrogens with zero attached hydrogens (tertiary/aromatic N) is 1. The average Bonchev–Trinajstić information content (AvgIpc) is 2.70. The van der Waals surface area contributed by atoms with Crippen molar-refractivity contribution in [2.45, 2.75) is 27.3 Å². The first kappa shape index (κ1) is 13.8. The summed E-state index contributed by atoms with van der Waals surface area (Å²) in [5.74, 6) is 1.84. The van der Waals surface area contributed by atoms with Gasteiger partial charge in [-0.15, -0.1) is 0 Å². The van der Waals surface area contributed by atoms with Gasteiger partial charge in [-0.25, -0.2) is 0 Å². The van der Waals surface area contributed by atoms with Gasteiger partial charge in [0.15, 0.2) is 0 Å². The number of nitrogens with one attached hydrogen (secondary N) is 1. The maximum Gasteiger partial charge on any atom is 0.226 e.